The molecule has 0 aliphatic heterocycles. The van der Waals surface area contributed by atoms with E-state index in [0.717, 1.165) is 16.7 Å². The van der Waals surface area contributed by atoms with Crippen LogP contribution in [0.25, 0.3) is 43.8 Å². The number of fused-ring (bicyclic) bond motifs is 5. The van der Waals surface area contributed by atoms with Gasteiger partial charge < -0.3 is 4.42 Å². The summed E-state index contributed by atoms with van der Waals surface area (Å²) in [4.78, 5) is 0. The molecule has 0 atom stereocenters. The van der Waals surface area contributed by atoms with Crippen molar-refractivity contribution in [1.29, 1.82) is 0 Å². The molecule has 0 saturated heterocycles. The highest BCUT2D eigenvalue weighted by Gasteiger charge is 2.15. The average Bonchev–Trinajstić information content (AvgIpc) is 3.03. The lowest BCUT2D eigenvalue weighted by Gasteiger charge is -2.04. The van der Waals surface area contributed by atoms with Crippen LogP contribution in [0.1, 0.15) is 5.56 Å². The third-order valence-electron chi connectivity index (χ3n) is 4.80. The van der Waals surface area contributed by atoms with E-state index in [2.05, 4.69) is 79.7 Å². The number of aryl methyl sites for hydroxylation is 1. The number of benzene rings is 4. The van der Waals surface area contributed by atoms with Crippen molar-refractivity contribution in [2.75, 3.05) is 0 Å². The largest absolute Gasteiger partial charge is 0.455 e. The zero-order chi connectivity index (χ0) is 16.1. The maximum Gasteiger partial charge on any atom is 0.143 e. The smallest absolute Gasteiger partial charge is 0.143 e. The van der Waals surface area contributed by atoms with Gasteiger partial charge in [0, 0.05) is 21.7 Å². The Bertz CT molecular complexity index is 1200. The van der Waals surface area contributed by atoms with Gasteiger partial charge in [-0.15, -0.1) is 0 Å². The lowest BCUT2D eigenvalue weighted by Crippen LogP contribution is -1.81. The van der Waals surface area contributed by atoms with Gasteiger partial charge >= 0.3 is 0 Å². The van der Waals surface area contributed by atoms with E-state index in [4.69, 9.17) is 4.42 Å². The van der Waals surface area contributed by atoms with Crippen LogP contribution in [-0.4, -0.2) is 0 Å². The second-order valence-electron chi connectivity index (χ2n) is 6.27. The first kappa shape index (κ1) is 13.4. The fraction of sp³-hybridized carbons (Fsp3) is 0.0435. The van der Waals surface area contributed by atoms with Gasteiger partial charge in [0.2, 0.25) is 0 Å². The Kier molecular flexibility index (Phi) is 2.77. The Hall–Kier alpha value is -3.06. The van der Waals surface area contributed by atoms with Gasteiger partial charge in [0.15, 0.2) is 0 Å². The van der Waals surface area contributed by atoms with Crippen LogP contribution in [0.3, 0.4) is 0 Å². The summed E-state index contributed by atoms with van der Waals surface area (Å²) in [5.74, 6) is 0. The fourth-order valence-electron chi connectivity index (χ4n) is 3.62. The maximum absolute atomic E-state index is 6.43. The van der Waals surface area contributed by atoms with Gasteiger partial charge in [0.25, 0.3) is 0 Å². The Balaban J connectivity index is 1.98. The van der Waals surface area contributed by atoms with Crippen LogP contribution < -0.4 is 0 Å². The van der Waals surface area contributed by atoms with Gasteiger partial charge in [-0.2, -0.15) is 0 Å². The monoisotopic (exact) mass is 308 g/mol. The standard InChI is InChI=1S/C23H16O/c1-15-11-13-19(16-7-3-2-4-8-16)23-21(15)20-14-12-17-9-5-6-10-18(17)22(20)24-23/h2-14H,1H3. The summed E-state index contributed by atoms with van der Waals surface area (Å²) in [6.07, 6.45) is 0. The molecule has 0 aliphatic rings. The molecule has 1 aromatic heterocycles. The second-order valence-corrected chi connectivity index (χ2v) is 6.27. The molecule has 0 fully saturated rings. The van der Waals surface area contributed by atoms with Crippen molar-refractivity contribution in [3.8, 4) is 11.1 Å². The predicted molar refractivity (Wildman–Crippen MR) is 101 cm³/mol. The minimum absolute atomic E-state index is 0.979. The third kappa shape index (κ3) is 1.82. The molecule has 0 N–H and O–H groups in total. The highest BCUT2D eigenvalue weighted by atomic mass is 16.3. The highest BCUT2D eigenvalue weighted by molar-refractivity contribution is 6.18. The molecular weight excluding hydrogens is 292 g/mol. The fourth-order valence-corrected chi connectivity index (χ4v) is 3.62. The van der Waals surface area contributed by atoms with Crippen molar-refractivity contribution in [2.45, 2.75) is 6.92 Å². The molecular formula is C23H16O. The summed E-state index contributed by atoms with van der Waals surface area (Å²) in [6.45, 7) is 2.15. The van der Waals surface area contributed by atoms with E-state index < -0.39 is 0 Å². The van der Waals surface area contributed by atoms with Gasteiger partial charge in [0.1, 0.15) is 11.2 Å². The SMILES string of the molecule is Cc1ccc(-c2ccccc2)c2oc3c4ccccc4ccc3c12. The lowest BCUT2D eigenvalue weighted by atomic mass is 9.98. The van der Waals surface area contributed by atoms with Gasteiger partial charge in [-0.1, -0.05) is 72.8 Å². The first-order valence-electron chi connectivity index (χ1n) is 8.22. The van der Waals surface area contributed by atoms with Crippen molar-refractivity contribution in [3.05, 3.63) is 84.4 Å². The summed E-state index contributed by atoms with van der Waals surface area (Å²) in [5, 5.41) is 4.80. The second kappa shape index (κ2) is 4.97. The van der Waals surface area contributed by atoms with Crippen LogP contribution in [0.5, 0.6) is 0 Å². The zero-order valence-corrected chi connectivity index (χ0v) is 13.4. The minimum Gasteiger partial charge on any atom is -0.455 e. The molecule has 1 heteroatoms. The van der Waals surface area contributed by atoms with Gasteiger partial charge in [-0.25, -0.2) is 0 Å². The normalized spacial score (nSPS) is 11.5. The molecule has 4 aromatic carbocycles. The van der Waals surface area contributed by atoms with E-state index in [1.54, 1.807) is 0 Å². The first-order valence-corrected chi connectivity index (χ1v) is 8.22. The molecule has 0 bridgehead atoms. The average molecular weight is 308 g/mol. The molecule has 1 nitrogen and oxygen atoms in total. The molecule has 0 saturated carbocycles. The topological polar surface area (TPSA) is 13.1 Å². The van der Waals surface area contributed by atoms with Gasteiger partial charge in [-0.3, -0.25) is 0 Å². The lowest BCUT2D eigenvalue weighted by molar-refractivity contribution is 0.673. The summed E-state index contributed by atoms with van der Waals surface area (Å²) in [7, 11) is 0. The van der Waals surface area contributed by atoms with Crippen molar-refractivity contribution >= 4 is 32.7 Å². The number of hydrogen-bond donors (Lipinski definition) is 0. The molecule has 0 unspecified atom stereocenters. The molecule has 5 aromatic rings. The number of rotatable bonds is 1. The van der Waals surface area contributed by atoms with E-state index in [9.17, 15) is 0 Å². The Morgan fingerprint density at radius 3 is 2.29 bits per heavy atom. The third-order valence-corrected chi connectivity index (χ3v) is 4.80. The van der Waals surface area contributed by atoms with Crippen LogP contribution >= 0.6 is 0 Å². The molecule has 5 rings (SSSR count). The number of furan rings is 1. The van der Waals surface area contributed by atoms with E-state index in [0.29, 0.717) is 0 Å². The van der Waals surface area contributed by atoms with Crippen molar-refractivity contribution < 1.29 is 4.42 Å². The predicted octanol–water partition coefficient (Wildman–Crippen LogP) is 6.71. The quantitative estimate of drug-likeness (QED) is 0.335. The molecule has 114 valence electrons. The summed E-state index contributed by atoms with van der Waals surface area (Å²) < 4.78 is 6.43. The van der Waals surface area contributed by atoms with Crippen LogP contribution in [0.15, 0.2) is 83.3 Å². The molecule has 0 radical (unpaired) electrons. The van der Waals surface area contributed by atoms with E-state index in [-0.39, 0.29) is 0 Å². The Morgan fingerprint density at radius 1 is 0.625 bits per heavy atom. The van der Waals surface area contributed by atoms with Crippen LogP contribution in [0.4, 0.5) is 0 Å². The Morgan fingerprint density at radius 2 is 1.42 bits per heavy atom. The van der Waals surface area contributed by atoms with E-state index >= 15 is 0 Å². The van der Waals surface area contributed by atoms with E-state index in [1.165, 1.54) is 32.7 Å². The number of hydrogen-bond acceptors (Lipinski definition) is 1. The minimum atomic E-state index is 0.979. The molecule has 0 spiro atoms. The first-order chi connectivity index (χ1) is 11.8. The van der Waals surface area contributed by atoms with Crippen LogP contribution in [0.2, 0.25) is 0 Å². The summed E-state index contributed by atoms with van der Waals surface area (Å²) >= 11 is 0. The van der Waals surface area contributed by atoms with Gasteiger partial charge in [0.05, 0.1) is 0 Å². The van der Waals surface area contributed by atoms with Crippen LogP contribution in [0, 0.1) is 6.92 Å². The zero-order valence-electron chi connectivity index (χ0n) is 13.4. The van der Waals surface area contributed by atoms with Crippen molar-refractivity contribution in [1.82, 2.24) is 0 Å². The maximum atomic E-state index is 6.43. The molecule has 24 heavy (non-hydrogen) atoms. The molecule has 0 amide bonds. The van der Waals surface area contributed by atoms with Crippen molar-refractivity contribution in [2.24, 2.45) is 0 Å². The Labute approximate surface area is 140 Å². The summed E-state index contributed by atoms with van der Waals surface area (Å²) in [5.41, 5.74) is 5.54. The summed E-state index contributed by atoms with van der Waals surface area (Å²) in [6, 6.07) is 27.6. The molecule has 0 aliphatic carbocycles. The van der Waals surface area contributed by atoms with E-state index in [1.807, 2.05) is 6.07 Å². The highest BCUT2D eigenvalue weighted by Crippen LogP contribution is 2.40. The molecule has 1 heterocycles. The van der Waals surface area contributed by atoms with Crippen LogP contribution in [-0.2, 0) is 0 Å². The van der Waals surface area contributed by atoms with Crippen molar-refractivity contribution in [3.63, 3.8) is 0 Å². The van der Waals surface area contributed by atoms with Gasteiger partial charge in [-0.05, 0) is 29.5 Å².